The van der Waals surface area contributed by atoms with Gasteiger partial charge in [0.25, 0.3) is 0 Å². The summed E-state index contributed by atoms with van der Waals surface area (Å²) < 4.78 is 0. The van der Waals surface area contributed by atoms with Crippen LogP contribution in [0.1, 0.15) is 6.42 Å². The van der Waals surface area contributed by atoms with Crippen molar-refractivity contribution in [2.75, 3.05) is 12.5 Å². The summed E-state index contributed by atoms with van der Waals surface area (Å²) in [5.41, 5.74) is 0. The highest BCUT2D eigenvalue weighted by molar-refractivity contribution is 8.06. The van der Waals surface area contributed by atoms with Crippen molar-refractivity contribution in [1.29, 1.82) is 0 Å². The zero-order valence-corrected chi connectivity index (χ0v) is 11.6. The highest BCUT2D eigenvalue weighted by atomic mass is 32.2. The number of hydrogen-bond donors (Lipinski definition) is 1. The van der Waals surface area contributed by atoms with Crippen LogP contribution in [-0.2, 0) is 4.79 Å². The summed E-state index contributed by atoms with van der Waals surface area (Å²) in [6.45, 7) is 0. The summed E-state index contributed by atoms with van der Waals surface area (Å²) in [5.74, 6) is 1.23. The van der Waals surface area contributed by atoms with E-state index in [9.17, 15) is 9.90 Å². The van der Waals surface area contributed by atoms with E-state index < -0.39 is 6.10 Å². The molecule has 3 aliphatic rings. The first-order chi connectivity index (χ1) is 8.19. The van der Waals surface area contributed by atoms with Gasteiger partial charge in [0.1, 0.15) is 0 Å². The Morgan fingerprint density at radius 3 is 2.59 bits per heavy atom. The fourth-order valence-electron chi connectivity index (χ4n) is 3.66. The average Bonchev–Trinajstić information content (AvgIpc) is 2.93. The fourth-order valence-corrected chi connectivity index (χ4v) is 5.50. The lowest BCUT2D eigenvalue weighted by molar-refractivity contribution is -0.123. The molecular weight excluding hydrogens is 252 g/mol. The third kappa shape index (κ3) is 1.50. The Morgan fingerprint density at radius 1 is 1.24 bits per heavy atom. The molecule has 92 valence electrons. The van der Waals surface area contributed by atoms with Gasteiger partial charge in [-0.25, -0.2) is 0 Å². The van der Waals surface area contributed by atoms with Crippen LogP contribution in [0, 0.1) is 23.7 Å². The molecule has 2 nitrogen and oxygen atoms in total. The molecule has 0 aromatic rings. The Labute approximate surface area is 110 Å². The number of Topliss-reactive ketones (excluding diaryl/α,β-unsaturated/α-hetero) is 1. The molecule has 0 spiro atoms. The molecule has 5 atom stereocenters. The summed E-state index contributed by atoms with van der Waals surface area (Å²) >= 11 is 3.02. The van der Waals surface area contributed by atoms with E-state index in [1.807, 2.05) is 12.5 Å². The monoisotopic (exact) mass is 268 g/mol. The quantitative estimate of drug-likeness (QED) is 0.780. The van der Waals surface area contributed by atoms with E-state index in [-0.39, 0.29) is 17.6 Å². The summed E-state index contributed by atoms with van der Waals surface area (Å²) in [5, 5.41) is 10.5. The van der Waals surface area contributed by atoms with Crippen LogP contribution in [0.25, 0.3) is 0 Å². The molecule has 1 saturated carbocycles. The molecule has 0 aromatic heterocycles. The minimum absolute atomic E-state index is 0.0401. The summed E-state index contributed by atoms with van der Waals surface area (Å²) in [7, 11) is 0. The van der Waals surface area contributed by atoms with Crippen molar-refractivity contribution in [2.45, 2.75) is 12.5 Å². The van der Waals surface area contributed by atoms with Crippen molar-refractivity contribution in [2.24, 2.45) is 23.7 Å². The first-order valence-electron chi connectivity index (χ1n) is 5.91. The standard InChI is InChI=1S/C13H16O2S2/c1-16-12-10(14)8-6-3-4-7(5-6)9(8)11(15)13(12)17-2/h3-4,6-10,14H,5H2,1-2H3. The minimum atomic E-state index is -0.435. The molecule has 0 radical (unpaired) electrons. The normalized spacial score (nSPS) is 43.5. The number of rotatable bonds is 2. The number of fused-ring (bicyclic) bond motifs is 5. The van der Waals surface area contributed by atoms with Crippen LogP contribution < -0.4 is 0 Å². The van der Waals surface area contributed by atoms with Gasteiger partial charge in [0.2, 0.25) is 0 Å². The van der Waals surface area contributed by atoms with Crippen molar-refractivity contribution >= 4 is 29.3 Å². The van der Waals surface area contributed by atoms with Gasteiger partial charge in [0.15, 0.2) is 5.78 Å². The third-order valence-electron chi connectivity index (χ3n) is 4.33. The van der Waals surface area contributed by atoms with E-state index in [4.69, 9.17) is 0 Å². The molecule has 5 unspecified atom stereocenters. The molecule has 0 saturated heterocycles. The number of ketones is 1. The number of allylic oxidation sites excluding steroid dienone is 3. The van der Waals surface area contributed by atoms with Crippen LogP contribution in [0.15, 0.2) is 22.0 Å². The number of aliphatic hydroxyl groups excluding tert-OH is 1. The van der Waals surface area contributed by atoms with Gasteiger partial charge in [-0.15, -0.1) is 23.5 Å². The fraction of sp³-hybridized carbons (Fsp3) is 0.615. The number of carbonyl (C=O) groups excluding carboxylic acids is 1. The molecule has 3 aliphatic carbocycles. The number of carbonyl (C=O) groups is 1. The molecule has 17 heavy (non-hydrogen) atoms. The predicted molar refractivity (Wildman–Crippen MR) is 72.8 cm³/mol. The predicted octanol–water partition coefficient (Wildman–Crippen LogP) is 2.31. The van der Waals surface area contributed by atoms with E-state index in [1.165, 1.54) is 23.5 Å². The Kier molecular flexibility index (Phi) is 2.92. The maximum absolute atomic E-state index is 12.5. The van der Waals surface area contributed by atoms with Crippen LogP contribution in [0.2, 0.25) is 0 Å². The third-order valence-corrected chi connectivity index (χ3v) is 6.17. The van der Waals surface area contributed by atoms with Gasteiger partial charge in [-0.3, -0.25) is 4.79 Å². The van der Waals surface area contributed by atoms with Gasteiger partial charge in [0, 0.05) is 16.7 Å². The summed E-state index contributed by atoms with van der Waals surface area (Å²) in [6, 6.07) is 0. The van der Waals surface area contributed by atoms with Gasteiger partial charge >= 0.3 is 0 Å². The lowest BCUT2D eigenvalue weighted by Crippen LogP contribution is -2.41. The number of thioether (sulfide) groups is 2. The molecule has 0 heterocycles. The number of aliphatic hydroxyl groups is 1. The molecular formula is C13H16O2S2. The average molecular weight is 268 g/mol. The summed E-state index contributed by atoms with van der Waals surface area (Å²) in [6.07, 6.45) is 8.88. The van der Waals surface area contributed by atoms with Crippen molar-refractivity contribution in [3.05, 3.63) is 22.0 Å². The highest BCUT2D eigenvalue weighted by Crippen LogP contribution is 2.56. The first kappa shape index (κ1) is 11.9. The van der Waals surface area contributed by atoms with Crippen LogP contribution in [-0.4, -0.2) is 29.5 Å². The van der Waals surface area contributed by atoms with E-state index >= 15 is 0 Å². The molecule has 1 N–H and O–H groups in total. The van der Waals surface area contributed by atoms with Crippen molar-refractivity contribution in [1.82, 2.24) is 0 Å². The topological polar surface area (TPSA) is 37.3 Å². The molecule has 0 aliphatic heterocycles. The second-order valence-electron chi connectivity index (χ2n) is 4.96. The molecule has 4 heteroatoms. The Balaban J connectivity index is 2.06. The Morgan fingerprint density at radius 2 is 1.94 bits per heavy atom. The van der Waals surface area contributed by atoms with E-state index in [0.29, 0.717) is 11.8 Å². The minimum Gasteiger partial charge on any atom is -0.387 e. The number of hydrogen-bond acceptors (Lipinski definition) is 4. The van der Waals surface area contributed by atoms with Gasteiger partial charge in [-0.1, -0.05) is 12.2 Å². The second kappa shape index (κ2) is 4.18. The van der Waals surface area contributed by atoms with Crippen LogP contribution in [0.3, 0.4) is 0 Å². The highest BCUT2D eigenvalue weighted by Gasteiger charge is 2.54. The SMILES string of the molecule is CSC1=C(SC)C(O)C2C3C=CC(C3)C2C1=O. The van der Waals surface area contributed by atoms with E-state index in [2.05, 4.69) is 12.2 Å². The zero-order valence-electron chi connectivity index (χ0n) is 9.92. The van der Waals surface area contributed by atoms with Gasteiger partial charge in [-0.2, -0.15) is 0 Å². The molecule has 3 rings (SSSR count). The van der Waals surface area contributed by atoms with E-state index in [0.717, 1.165) is 16.2 Å². The largest absolute Gasteiger partial charge is 0.387 e. The summed E-state index contributed by atoms with van der Waals surface area (Å²) in [4.78, 5) is 14.2. The van der Waals surface area contributed by atoms with Crippen LogP contribution in [0.5, 0.6) is 0 Å². The lowest BCUT2D eigenvalue weighted by Gasteiger charge is -2.37. The van der Waals surface area contributed by atoms with Gasteiger partial charge in [-0.05, 0) is 30.8 Å². The maximum Gasteiger partial charge on any atom is 0.174 e. The first-order valence-corrected chi connectivity index (χ1v) is 8.36. The Bertz CT molecular complexity index is 427. The van der Waals surface area contributed by atoms with Gasteiger partial charge < -0.3 is 5.11 Å². The lowest BCUT2D eigenvalue weighted by atomic mass is 9.74. The van der Waals surface area contributed by atoms with Crippen molar-refractivity contribution in [3.63, 3.8) is 0 Å². The molecule has 0 aromatic carbocycles. The Hall–Kier alpha value is -0.190. The van der Waals surface area contributed by atoms with E-state index in [1.54, 1.807) is 0 Å². The molecule has 2 bridgehead atoms. The molecule has 0 amide bonds. The van der Waals surface area contributed by atoms with Crippen molar-refractivity contribution < 1.29 is 9.90 Å². The van der Waals surface area contributed by atoms with Crippen molar-refractivity contribution in [3.8, 4) is 0 Å². The van der Waals surface area contributed by atoms with Crippen LogP contribution >= 0.6 is 23.5 Å². The smallest absolute Gasteiger partial charge is 0.174 e. The van der Waals surface area contributed by atoms with Gasteiger partial charge in [0.05, 0.1) is 11.0 Å². The maximum atomic E-state index is 12.5. The second-order valence-corrected chi connectivity index (χ2v) is 6.63. The molecule has 1 fully saturated rings. The zero-order chi connectivity index (χ0) is 12.2. The van der Waals surface area contributed by atoms with Crippen LogP contribution in [0.4, 0.5) is 0 Å².